The van der Waals surface area contributed by atoms with Crippen LogP contribution in [-0.2, 0) is 0 Å². The summed E-state index contributed by atoms with van der Waals surface area (Å²) >= 11 is 1.45. The van der Waals surface area contributed by atoms with Crippen molar-refractivity contribution in [3.63, 3.8) is 0 Å². The second-order valence-electron chi connectivity index (χ2n) is 3.85. The molecule has 3 N–H and O–H groups in total. The van der Waals surface area contributed by atoms with Gasteiger partial charge in [0, 0.05) is 4.88 Å². The molecule has 2 aromatic heterocycles. The Kier molecular flexibility index (Phi) is 3.56. The van der Waals surface area contributed by atoms with Crippen molar-refractivity contribution in [1.29, 1.82) is 0 Å². The zero-order valence-electron chi connectivity index (χ0n) is 10.3. The Hall–Kier alpha value is -1.96. The zero-order valence-corrected chi connectivity index (χ0v) is 11.1. The van der Waals surface area contributed by atoms with Gasteiger partial charge in [-0.25, -0.2) is 14.8 Å². The number of nitrogens with zero attached hydrogens (tertiary/aromatic N) is 3. The molecule has 2 amide bonds. The summed E-state index contributed by atoms with van der Waals surface area (Å²) in [4.78, 5) is 21.0. The molecule has 1 atom stereocenters. The maximum atomic E-state index is 11.7. The van der Waals surface area contributed by atoms with E-state index in [1.165, 1.54) is 17.7 Å². The van der Waals surface area contributed by atoms with Gasteiger partial charge in [-0.05, 0) is 20.8 Å². The first-order valence-corrected chi connectivity index (χ1v) is 6.24. The molecule has 96 valence electrons. The molecule has 0 bridgehead atoms. The summed E-state index contributed by atoms with van der Waals surface area (Å²) in [6, 6.07) is -0.553. The van der Waals surface area contributed by atoms with Crippen molar-refractivity contribution in [3.05, 3.63) is 22.7 Å². The smallest absolute Gasteiger partial charge is 0.321 e. The number of nitrogens with one attached hydrogen (secondary N) is 3. The van der Waals surface area contributed by atoms with Crippen LogP contribution in [-0.4, -0.2) is 26.2 Å². The molecule has 0 unspecified atom stereocenters. The minimum Gasteiger partial charge on any atom is -0.328 e. The summed E-state index contributed by atoms with van der Waals surface area (Å²) in [6.07, 6.45) is 1.40. The molecule has 2 rings (SSSR count). The molecule has 18 heavy (non-hydrogen) atoms. The number of amides is 2. The standard InChI is InChI=1S/C10H14N6OS/c1-5-7(3)18-10(14-5)15-9(17)13-6(2)8-11-4-12-16-8/h4,6H,1-3H3,(H,11,12,16)(H2,13,14,15,17)/t6-/m0/s1. The molecule has 0 aromatic carbocycles. The number of aryl methyl sites for hydroxylation is 2. The van der Waals surface area contributed by atoms with E-state index >= 15 is 0 Å². The quantitative estimate of drug-likeness (QED) is 0.788. The van der Waals surface area contributed by atoms with Gasteiger partial charge in [0.05, 0.1) is 11.7 Å². The SMILES string of the molecule is Cc1nc(NC(=O)N[C@@H](C)c2ncn[nH]2)sc1C. The van der Waals surface area contributed by atoms with Crippen LogP contribution in [0.1, 0.15) is 29.4 Å². The minimum absolute atomic E-state index is 0.241. The number of aromatic amines is 1. The number of H-pyrrole nitrogens is 1. The summed E-state index contributed by atoms with van der Waals surface area (Å²) in [5, 5.41) is 12.5. The number of aromatic nitrogens is 4. The van der Waals surface area contributed by atoms with Crippen molar-refractivity contribution in [1.82, 2.24) is 25.5 Å². The Balaban J connectivity index is 1.93. The topological polar surface area (TPSA) is 95.6 Å². The Morgan fingerprint density at radius 1 is 1.50 bits per heavy atom. The van der Waals surface area contributed by atoms with Crippen LogP contribution in [0.15, 0.2) is 6.33 Å². The second kappa shape index (κ2) is 5.13. The first-order valence-electron chi connectivity index (χ1n) is 5.43. The average molecular weight is 266 g/mol. The molecule has 2 aromatic rings. The number of hydrogen-bond acceptors (Lipinski definition) is 5. The summed E-state index contributed by atoms with van der Waals surface area (Å²) in [6.45, 7) is 5.69. The van der Waals surface area contributed by atoms with Crippen LogP contribution in [0.2, 0.25) is 0 Å². The molecule has 0 aliphatic rings. The van der Waals surface area contributed by atoms with Crippen LogP contribution < -0.4 is 10.6 Å². The van der Waals surface area contributed by atoms with Gasteiger partial charge in [0.1, 0.15) is 12.2 Å². The molecular formula is C10H14N6OS. The third-order valence-corrected chi connectivity index (χ3v) is 3.43. The lowest BCUT2D eigenvalue weighted by atomic mass is 10.3. The van der Waals surface area contributed by atoms with Gasteiger partial charge in [0.15, 0.2) is 5.13 Å². The molecule has 0 aliphatic heterocycles. The van der Waals surface area contributed by atoms with Crippen molar-refractivity contribution < 1.29 is 4.79 Å². The molecular weight excluding hydrogens is 252 g/mol. The van der Waals surface area contributed by atoms with Gasteiger partial charge in [-0.3, -0.25) is 10.4 Å². The highest BCUT2D eigenvalue weighted by Crippen LogP contribution is 2.20. The zero-order chi connectivity index (χ0) is 13.1. The number of carbonyl (C=O) groups excluding carboxylic acids is 1. The van der Waals surface area contributed by atoms with E-state index in [-0.39, 0.29) is 12.1 Å². The fraction of sp³-hybridized carbons (Fsp3) is 0.400. The number of urea groups is 1. The van der Waals surface area contributed by atoms with E-state index in [1.54, 1.807) is 0 Å². The summed E-state index contributed by atoms with van der Waals surface area (Å²) in [7, 11) is 0. The monoisotopic (exact) mass is 266 g/mol. The van der Waals surface area contributed by atoms with Gasteiger partial charge in [-0.15, -0.1) is 11.3 Å². The predicted octanol–water partition coefficient (Wildman–Crippen LogP) is 1.76. The van der Waals surface area contributed by atoms with Gasteiger partial charge in [-0.1, -0.05) is 0 Å². The number of carbonyl (C=O) groups is 1. The van der Waals surface area contributed by atoms with E-state index in [2.05, 4.69) is 30.8 Å². The van der Waals surface area contributed by atoms with Gasteiger partial charge < -0.3 is 5.32 Å². The van der Waals surface area contributed by atoms with E-state index in [0.29, 0.717) is 11.0 Å². The third kappa shape index (κ3) is 2.83. The number of anilines is 1. The highest BCUT2D eigenvalue weighted by Gasteiger charge is 2.13. The van der Waals surface area contributed by atoms with E-state index < -0.39 is 0 Å². The maximum absolute atomic E-state index is 11.7. The molecule has 0 aliphatic carbocycles. The fourth-order valence-corrected chi connectivity index (χ4v) is 2.16. The van der Waals surface area contributed by atoms with Gasteiger partial charge in [0.25, 0.3) is 0 Å². The molecule has 8 heteroatoms. The van der Waals surface area contributed by atoms with E-state index in [9.17, 15) is 4.79 Å². The molecule has 0 fully saturated rings. The van der Waals surface area contributed by atoms with E-state index in [4.69, 9.17) is 0 Å². The Labute approximate surface area is 108 Å². The fourth-order valence-electron chi connectivity index (χ4n) is 1.35. The molecule has 0 spiro atoms. The Morgan fingerprint density at radius 2 is 2.28 bits per heavy atom. The van der Waals surface area contributed by atoms with Gasteiger partial charge in [0.2, 0.25) is 0 Å². The number of hydrogen-bond donors (Lipinski definition) is 3. The van der Waals surface area contributed by atoms with Crippen molar-refractivity contribution in [3.8, 4) is 0 Å². The van der Waals surface area contributed by atoms with E-state index in [1.807, 2.05) is 20.8 Å². The van der Waals surface area contributed by atoms with Crippen molar-refractivity contribution in [2.75, 3.05) is 5.32 Å². The number of thiazole rings is 1. The van der Waals surface area contributed by atoms with E-state index in [0.717, 1.165) is 10.6 Å². The highest BCUT2D eigenvalue weighted by molar-refractivity contribution is 7.15. The maximum Gasteiger partial charge on any atom is 0.321 e. The summed E-state index contributed by atoms with van der Waals surface area (Å²) in [5.41, 5.74) is 0.929. The average Bonchev–Trinajstić information content (AvgIpc) is 2.89. The Morgan fingerprint density at radius 3 is 2.83 bits per heavy atom. The van der Waals surface area contributed by atoms with Crippen LogP contribution in [0, 0.1) is 13.8 Å². The normalized spacial score (nSPS) is 12.2. The predicted molar refractivity (Wildman–Crippen MR) is 68.5 cm³/mol. The lowest BCUT2D eigenvalue weighted by Crippen LogP contribution is -2.31. The molecule has 7 nitrogen and oxygen atoms in total. The highest BCUT2D eigenvalue weighted by atomic mass is 32.1. The number of rotatable bonds is 3. The van der Waals surface area contributed by atoms with Crippen LogP contribution >= 0.6 is 11.3 Å². The first kappa shape index (κ1) is 12.5. The van der Waals surface area contributed by atoms with Crippen molar-refractivity contribution >= 4 is 22.5 Å². The lowest BCUT2D eigenvalue weighted by Gasteiger charge is -2.10. The molecule has 0 radical (unpaired) electrons. The molecule has 0 saturated carbocycles. The lowest BCUT2D eigenvalue weighted by molar-refractivity contribution is 0.249. The molecule has 0 saturated heterocycles. The van der Waals surface area contributed by atoms with Crippen molar-refractivity contribution in [2.24, 2.45) is 0 Å². The summed E-state index contributed by atoms with van der Waals surface area (Å²) < 4.78 is 0. The van der Waals surface area contributed by atoms with Crippen LogP contribution in [0.4, 0.5) is 9.93 Å². The van der Waals surface area contributed by atoms with Crippen LogP contribution in [0.3, 0.4) is 0 Å². The third-order valence-electron chi connectivity index (χ3n) is 2.44. The second-order valence-corrected chi connectivity index (χ2v) is 5.05. The van der Waals surface area contributed by atoms with Crippen molar-refractivity contribution in [2.45, 2.75) is 26.8 Å². The van der Waals surface area contributed by atoms with Crippen LogP contribution in [0.25, 0.3) is 0 Å². The minimum atomic E-state index is -0.312. The summed E-state index contributed by atoms with van der Waals surface area (Å²) in [5.74, 6) is 0.608. The van der Waals surface area contributed by atoms with Gasteiger partial charge in [-0.2, -0.15) is 5.10 Å². The first-order chi connectivity index (χ1) is 8.56. The molecule has 2 heterocycles. The van der Waals surface area contributed by atoms with Crippen LogP contribution in [0.5, 0.6) is 0 Å². The Bertz CT molecular complexity index is 515. The largest absolute Gasteiger partial charge is 0.328 e. The van der Waals surface area contributed by atoms with Gasteiger partial charge >= 0.3 is 6.03 Å².